The van der Waals surface area contributed by atoms with Gasteiger partial charge in [0.1, 0.15) is 23.8 Å². The van der Waals surface area contributed by atoms with E-state index in [1.54, 1.807) is 29.5 Å². The highest BCUT2D eigenvalue weighted by Gasteiger charge is 2.44. The fourth-order valence-corrected chi connectivity index (χ4v) is 10.9. The lowest BCUT2D eigenvalue weighted by molar-refractivity contribution is -0.141. The number of nitrogens with one attached hydrogen (secondary N) is 2. The second kappa shape index (κ2) is 19.1. The van der Waals surface area contributed by atoms with Gasteiger partial charge in [-0.1, -0.05) is 50.2 Å². The number of aliphatic hydroxyl groups excluding tert-OH is 1. The number of ether oxygens (including phenoxy) is 1. The highest BCUT2D eigenvalue weighted by atomic mass is 32.1. The smallest absolute Gasteiger partial charge is 0.254 e. The zero-order valence-corrected chi connectivity index (χ0v) is 38.6. The van der Waals surface area contributed by atoms with E-state index < -0.39 is 18.1 Å². The number of hydrogen-bond donors (Lipinski definition) is 4. The summed E-state index contributed by atoms with van der Waals surface area (Å²) in [5, 5.41) is 40.9. The van der Waals surface area contributed by atoms with Gasteiger partial charge in [-0.3, -0.25) is 19.4 Å². The van der Waals surface area contributed by atoms with Crippen molar-refractivity contribution < 1.29 is 29.1 Å². The number of rotatable bonds is 13. The van der Waals surface area contributed by atoms with Crippen molar-refractivity contribution in [3.8, 4) is 33.3 Å². The van der Waals surface area contributed by atoms with E-state index in [9.17, 15) is 19.8 Å². The summed E-state index contributed by atoms with van der Waals surface area (Å²) in [6.07, 6.45) is 1.31. The molecule has 5 aromatic rings. The lowest BCUT2D eigenvalue weighted by atomic mass is 9.91. The molecule has 0 radical (unpaired) electrons. The third kappa shape index (κ3) is 9.55. The Labute approximate surface area is 384 Å². The number of thiazole rings is 1. The maximum atomic E-state index is 14.3. The molecule has 344 valence electrons. The van der Waals surface area contributed by atoms with Crippen molar-refractivity contribution in [3.05, 3.63) is 83.2 Å². The topological polar surface area (TPSA) is 186 Å². The summed E-state index contributed by atoms with van der Waals surface area (Å²) in [5.41, 5.74) is 7.21. The van der Waals surface area contributed by atoms with Gasteiger partial charge >= 0.3 is 0 Å². The number of carbonyl (C=O) groups is 2. The van der Waals surface area contributed by atoms with Crippen LogP contribution in [0, 0.1) is 12.8 Å². The zero-order valence-electron chi connectivity index (χ0n) is 37.8. The molecule has 0 bridgehead atoms. The van der Waals surface area contributed by atoms with Crippen LogP contribution < -0.4 is 20.3 Å². The van der Waals surface area contributed by atoms with Crippen LogP contribution in [0.2, 0.25) is 0 Å². The van der Waals surface area contributed by atoms with E-state index >= 15 is 0 Å². The number of anilines is 2. The average Bonchev–Trinajstić information content (AvgIpc) is 4.06. The summed E-state index contributed by atoms with van der Waals surface area (Å²) in [5.74, 6) is 0.197. The van der Waals surface area contributed by atoms with Gasteiger partial charge in [-0.15, -0.1) is 21.5 Å². The number of piperidine rings is 1. The minimum Gasteiger partial charge on any atom is -0.507 e. The van der Waals surface area contributed by atoms with Crippen LogP contribution in [-0.4, -0.2) is 140 Å². The number of phenolic OH excluding ortho intramolecular Hbond substituents is 1. The minimum atomic E-state index is -0.824. The summed E-state index contributed by atoms with van der Waals surface area (Å²) < 4.78 is 12.1. The lowest BCUT2D eigenvalue weighted by Crippen LogP contribution is -2.61. The predicted octanol–water partition coefficient (Wildman–Crippen LogP) is 5.70. The first kappa shape index (κ1) is 44.6. The van der Waals surface area contributed by atoms with E-state index in [1.165, 1.54) is 4.90 Å². The van der Waals surface area contributed by atoms with Crippen LogP contribution in [0.4, 0.5) is 11.5 Å². The van der Waals surface area contributed by atoms with Gasteiger partial charge in [0.25, 0.3) is 5.88 Å². The number of amides is 2. The summed E-state index contributed by atoms with van der Waals surface area (Å²) >= 11 is 1.59. The molecular formula is C48H60N10O6S. The molecule has 2 aromatic carbocycles. The monoisotopic (exact) mass is 904 g/mol. The molecule has 7 heterocycles. The van der Waals surface area contributed by atoms with Crippen LogP contribution in [-0.2, 0) is 9.59 Å². The maximum absolute atomic E-state index is 14.3. The maximum Gasteiger partial charge on any atom is 0.254 e. The van der Waals surface area contributed by atoms with Crippen LogP contribution in [0.25, 0.3) is 21.7 Å². The van der Waals surface area contributed by atoms with E-state index in [-0.39, 0.29) is 48.6 Å². The van der Waals surface area contributed by atoms with E-state index in [4.69, 9.17) is 9.26 Å². The molecule has 65 heavy (non-hydrogen) atoms. The predicted molar refractivity (Wildman–Crippen MR) is 249 cm³/mol. The van der Waals surface area contributed by atoms with Crippen molar-refractivity contribution in [1.82, 2.24) is 40.4 Å². The minimum absolute atomic E-state index is 0.0590. The third-order valence-corrected chi connectivity index (χ3v) is 14.6. The van der Waals surface area contributed by atoms with E-state index in [2.05, 4.69) is 45.7 Å². The summed E-state index contributed by atoms with van der Waals surface area (Å²) in [4.78, 5) is 42.5. The zero-order chi connectivity index (χ0) is 45.4. The molecule has 6 atom stereocenters. The van der Waals surface area contributed by atoms with Crippen molar-refractivity contribution in [2.45, 2.75) is 96.2 Å². The summed E-state index contributed by atoms with van der Waals surface area (Å²) in [6, 6.07) is 18.7. The second-order valence-corrected chi connectivity index (χ2v) is 19.3. The van der Waals surface area contributed by atoms with Crippen molar-refractivity contribution >= 4 is 34.7 Å². The van der Waals surface area contributed by atoms with Crippen molar-refractivity contribution in [3.63, 3.8) is 0 Å². The molecule has 16 nitrogen and oxygen atoms in total. The van der Waals surface area contributed by atoms with Gasteiger partial charge in [0.05, 0.1) is 45.7 Å². The number of likely N-dealkylation sites (tertiary alicyclic amines) is 2. The molecule has 1 unspecified atom stereocenters. The Morgan fingerprint density at radius 3 is 2.51 bits per heavy atom. The second-order valence-electron chi connectivity index (χ2n) is 18.5. The summed E-state index contributed by atoms with van der Waals surface area (Å²) in [6.45, 7) is 16.2. The molecule has 4 aliphatic heterocycles. The number of hydrogen-bond acceptors (Lipinski definition) is 15. The SMILES string of the molecule is Cc1ncsc1-c1ccc([C@H](C)NC(=O)[C@@H]2C[C@@H](O)CN2C(=O)[C@@H](c2cc(OC(C)CN3CCC(N4CCN5c6cc(-c7ccccc7O)nnc6NC[C@H]5C4)CC3)no2)C(C)C)cc1. The van der Waals surface area contributed by atoms with Crippen LogP contribution in [0.5, 0.6) is 11.6 Å². The highest BCUT2D eigenvalue weighted by Crippen LogP contribution is 2.38. The summed E-state index contributed by atoms with van der Waals surface area (Å²) in [7, 11) is 0. The molecule has 0 spiro atoms. The molecule has 0 saturated carbocycles. The van der Waals surface area contributed by atoms with Gasteiger partial charge in [0.2, 0.25) is 11.8 Å². The fourth-order valence-electron chi connectivity index (χ4n) is 10.1. The van der Waals surface area contributed by atoms with Gasteiger partial charge in [-0.05, 0) is 87.1 Å². The van der Waals surface area contributed by atoms with Crippen LogP contribution in [0.3, 0.4) is 0 Å². The number of carbonyl (C=O) groups excluding carboxylic acids is 2. The molecule has 3 saturated heterocycles. The van der Waals surface area contributed by atoms with Gasteiger partial charge < -0.3 is 39.9 Å². The average molecular weight is 905 g/mol. The van der Waals surface area contributed by atoms with E-state index in [0.717, 1.165) is 91.9 Å². The van der Waals surface area contributed by atoms with E-state index in [0.29, 0.717) is 35.0 Å². The normalized spacial score (nSPS) is 21.9. The largest absolute Gasteiger partial charge is 0.507 e. The van der Waals surface area contributed by atoms with Crippen LogP contribution in [0.15, 0.2) is 70.7 Å². The van der Waals surface area contributed by atoms with Crippen molar-refractivity contribution in [1.29, 1.82) is 0 Å². The molecule has 4 aliphatic rings. The molecule has 3 aromatic heterocycles. The number of phenols is 1. The molecule has 9 rings (SSSR count). The number of benzene rings is 2. The number of piperazine rings is 1. The Morgan fingerprint density at radius 2 is 1.77 bits per heavy atom. The number of aromatic nitrogens is 4. The number of aryl methyl sites for hydroxylation is 1. The molecule has 2 amide bonds. The Balaban J connectivity index is 0.756. The third-order valence-electron chi connectivity index (χ3n) is 13.6. The first-order valence-electron chi connectivity index (χ1n) is 23.0. The molecule has 4 N–H and O–H groups in total. The number of nitrogens with zero attached hydrogens (tertiary/aromatic N) is 8. The number of para-hydroxylation sites is 1. The van der Waals surface area contributed by atoms with Gasteiger partial charge in [0.15, 0.2) is 11.6 Å². The molecular weight excluding hydrogens is 845 g/mol. The first-order valence-corrected chi connectivity index (χ1v) is 23.8. The Hall–Kier alpha value is -5.62. The molecule has 0 aliphatic carbocycles. The van der Waals surface area contributed by atoms with Crippen LogP contribution in [0.1, 0.15) is 75.9 Å². The number of β-amino-alcohol motifs (C(OH)–C–C–N with tert-alkyl or cyclic N) is 1. The fraction of sp³-hybridized carbons (Fsp3) is 0.500. The molecule has 17 heteroatoms. The Bertz CT molecular complexity index is 2450. The quantitative estimate of drug-likeness (QED) is 0.113. The number of fused-ring (bicyclic) bond motifs is 3. The van der Waals surface area contributed by atoms with Gasteiger partial charge in [0, 0.05) is 63.4 Å². The molecule has 3 fully saturated rings. The standard InChI is InChI=1S/C48H60N10O6S/c1-28(2)44(48(62)58-26-36(59)20-40(58)47(61)51-30(4)32-10-12-33(13-11-32)45-31(5)50-27-65-45)42-22-43(54-64-42)63-29(3)24-55-16-14-34(15-17-55)56-18-19-57-35(25-56)23-49-46-39(57)21-38(52-53-46)37-8-6-7-9-41(37)60/h6-13,21-22,27-30,34-36,40,44,59-60H,14-20,23-26H2,1-5H3,(H,49,53)(H,51,61)/t29?,30-,35-,36+,40-,44+/m0/s1. The Kier molecular flexibility index (Phi) is 13.1. The van der Waals surface area contributed by atoms with Crippen LogP contribution >= 0.6 is 11.3 Å². The highest BCUT2D eigenvalue weighted by molar-refractivity contribution is 7.13. The van der Waals surface area contributed by atoms with Gasteiger partial charge in [-0.25, -0.2) is 4.98 Å². The van der Waals surface area contributed by atoms with Crippen molar-refractivity contribution in [2.75, 3.05) is 62.6 Å². The Morgan fingerprint density at radius 1 is 0.985 bits per heavy atom. The number of aromatic hydroxyl groups is 1. The first-order chi connectivity index (χ1) is 31.4. The van der Waals surface area contributed by atoms with Gasteiger partial charge in [-0.2, -0.15) is 0 Å². The van der Waals surface area contributed by atoms with E-state index in [1.807, 2.05) is 82.6 Å². The van der Waals surface area contributed by atoms with Crippen molar-refractivity contribution in [2.24, 2.45) is 5.92 Å². The lowest BCUT2D eigenvalue weighted by Gasteiger charge is -2.49. The number of aliphatic hydroxyl groups is 1.